The zero-order valence-corrected chi connectivity index (χ0v) is 12.6. The van der Waals surface area contributed by atoms with Gasteiger partial charge < -0.3 is 5.32 Å². The number of unbranched alkanes of at least 4 members (excludes halogenated alkanes) is 5. The maximum absolute atomic E-state index is 11.8. The molecule has 3 nitrogen and oxygen atoms in total. The van der Waals surface area contributed by atoms with Gasteiger partial charge in [0.25, 0.3) is 0 Å². The highest BCUT2D eigenvalue weighted by Crippen LogP contribution is 2.13. The van der Waals surface area contributed by atoms with Crippen LogP contribution in [0.25, 0.3) is 0 Å². The van der Waals surface area contributed by atoms with Crippen LogP contribution in [0.15, 0.2) is 24.3 Å². The van der Waals surface area contributed by atoms with E-state index in [0.717, 1.165) is 12.8 Å². The summed E-state index contributed by atoms with van der Waals surface area (Å²) in [5.41, 5.74) is 1.33. The number of carbonyl (C=O) groups is 2. The second kappa shape index (κ2) is 9.29. The van der Waals surface area contributed by atoms with E-state index in [2.05, 4.69) is 12.2 Å². The molecule has 1 amide bonds. The molecule has 1 aromatic rings. The summed E-state index contributed by atoms with van der Waals surface area (Å²) in [5, 5.41) is 2.85. The molecule has 0 spiro atoms. The van der Waals surface area contributed by atoms with Crippen molar-refractivity contribution in [2.24, 2.45) is 0 Å². The minimum atomic E-state index is 0.0111. The highest BCUT2D eigenvalue weighted by molar-refractivity contribution is 5.97. The van der Waals surface area contributed by atoms with Gasteiger partial charge in [-0.2, -0.15) is 0 Å². The summed E-state index contributed by atoms with van der Waals surface area (Å²) in [5.74, 6) is 0.0400. The number of Topliss-reactive ketones (excluding diaryl/α,β-unsaturated/α-hetero) is 1. The molecule has 0 saturated heterocycles. The molecular formula is C17H25NO2. The van der Waals surface area contributed by atoms with Gasteiger partial charge in [0.1, 0.15) is 0 Å². The van der Waals surface area contributed by atoms with Gasteiger partial charge in [-0.3, -0.25) is 9.59 Å². The van der Waals surface area contributed by atoms with Gasteiger partial charge in [0.15, 0.2) is 5.78 Å². The van der Waals surface area contributed by atoms with Crippen molar-refractivity contribution in [3.05, 3.63) is 29.8 Å². The summed E-state index contributed by atoms with van der Waals surface area (Å²) >= 11 is 0. The second-order valence-corrected chi connectivity index (χ2v) is 5.20. The SMILES string of the molecule is CCCCCCCCC(=O)Nc1cccc(C(C)=O)c1. The molecule has 0 unspecified atom stereocenters. The number of anilines is 1. The van der Waals surface area contributed by atoms with E-state index in [1.165, 1.54) is 32.6 Å². The van der Waals surface area contributed by atoms with Crippen LogP contribution in [0, 0.1) is 0 Å². The molecule has 0 atom stereocenters. The first-order chi connectivity index (χ1) is 9.63. The number of hydrogen-bond donors (Lipinski definition) is 1. The molecule has 0 radical (unpaired) electrons. The van der Waals surface area contributed by atoms with Crippen LogP contribution in [-0.2, 0) is 4.79 Å². The van der Waals surface area contributed by atoms with Crippen molar-refractivity contribution in [2.45, 2.75) is 58.8 Å². The average molecular weight is 275 g/mol. The van der Waals surface area contributed by atoms with E-state index in [-0.39, 0.29) is 11.7 Å². The lowest BCUT2D eigenvalue weighted by Crippen LogP contribution is -2.11. The van der Waals surface area contributed by atoms with Crippen LogP contribution in [0.1, 0.15) is 69.2 Å². The number of hydrogen-bond acceptors (Lipinski definition) is 2. The van der Waals surface area contributed by atoms with Crippen molar-refractivity contribution < 1.29 is 9.59 Å². The molecule has 0 aromatic heterocycles. The first kappa shape index (κ1) is 16.4. The molecule has 1 rings (SSSR count). The monoisotopic (exact) mass is 275 g/mol. The van der Waals surface area contributed by atoms with Gasteiger partial charge >= 0.3 is 0 Å². The minimum absolute atomic E-state index is 0.0111. The van der Waals surface area contributed by atoms with E-state index in [9.17, 15) is 9.59 Å². The highest BCUT2D eigenvalue weighted by Gasteiger charge is 2.04. The van der Waals surface area contributed by atoms with E-state index in [0.29, 0.717) is 17.7 Å². The van der Waals surface area contributed by atoms with E-state index in [1.54, 1.807) is 18.2 Å². The van der Waals surface area contributed by atoms with Crippen LogP contribution in [0.5, 0.6) is 0 Å². The second-order valence-electron chi connectivity index (χ2n) is 5.20. The molecule has 0 aliphatic rings. The van der Waals surface area contributed by atoms with Gasteiger partial charge in [0.2, 0.25) is 5.91 Å². The molecule has 20 heavy (non-hydrogen) atoms. The maximum atomic E-state index is 11.8. The molecule has 1 N–H and O–H groups in total. The fourth-order valence-corrected chi connectivity index (χ4v) is 2.11. The van der Waals surface area contributed by atoms with E-state index in [1.807, 2.05) is 6.07 Å². The smallest absolute Gasteiger partial charge is 0.224 e. The normalized spacial score (nSPS) is 10.3. The van der Waals surface area contributed by atoms with Crippen molar-refractivity contribution in [2.75, 3.05) is 5.32 Å². The van der Waals surface area contributed by atoms with Gasteiger partial charge in [-0.25, -0.2) is 0 Å². The van der Waals surface area contributed by atoms with Crippen molar-refractivity contribution >= 4 is 17.4 Å². The fourth-order valence-electron chi connectivity index (χ4n) is 2.11. The predicted molar refractivity (Wildman–Crippen MR) is 83.1 cm³/mol. The lowest BCUT2D eigenvalue weighted by molar-refractivity contribution is -0.116. The summed E-state index contributed by atoms with van der Waals surface area (Å²) in [7, 11) is 0. The standard InChI is InChI=1S/C17H25NO2/c1-3-4-5-6-7-8-12-17(20)18-16-11-9-10-15(13-16)14(2)19/h9-11,13H,3-8,12H2,1-2H3,(H,18,20). The quantitative estimate of drug-likeness (QED) is 0.529. The third kappa shape index (κ3) is 6.50. The minimum Gasteiger partial charge on any atom is -0.326 e. The Hall–Kier alpha value is -1.64. The topological polar surface area (TPSA) is 46.2 Å². The predicted octanol–water partition coefficient (Wildman–Crippen LogP) is 4.58. The van der Waals surface area contributed by atoms with Crippen molar-refractivity contribution in [1.29, 1.82) is 0 Å². The summed E-state index contributed by atoms with van der Waals surface area (Å²) in [4.78, 5) is 23.1. The number of rotatable bonds is 9. The first-order valence-corrected chi connectivity index (χ1v) is 7.54. The van der Waals surface area contributed by atoms with Crippen LogP contribution >= 0.6 is 0 Å². The van der Waals surface area contributed by atoms with E-state index >= 15 is 0 Å². The molecule has 3 heteroatoms. The Labute approximate surface area is 121 Å². The Bertz CT molecular complexity index is 440. The van der Waals surface area contributed by atoms with Crippen LogP contribution in [0.3, 0.4) is 0 Å². The molecule has 110 valence electrons. The van der Waals surface area contributed by atoms with Gasteiger partial charge in [-0.1, -0.05) is 51.2 Å². The summed E-state index contributed by atoms with van der Waals surface area (Å²) in [6, 6.07) is 7.08. The molecule has 0 aliphatic carbocycles. The average Bonchev–Trinajstić information content (AvgIpc) is 2.43. The third-order valence-electron chi connectivity index (χ3n) is 3.31. The van der Waals surface area contributed by atoms with Crippen molar-refractivity contribution in [1.82, 2.24) is 0 Å². The molecule has 0 bridgehead atoms. The van der Waals surface area contributed by atoms with Crippen molar-refractivity contribution in [3.63, 3.8) is 0 Å². The molecule has 0 heterocycles. The van der Waals surface area contributed by atoms with Crippen LogP contribution in [0.4, 0.5) is 5.69 Å². The Kier molecular flexibility index (Phi) is 7.63. The molecule has 0 fully saturated rings. The lowest BCUT2D eigenvalue weighted by Gasteiger charge is -2.06. The van der Waals surface area contributed by atoms with Crippen LogP contribution < -0.4 is 5.32 Å². The Balaban J connectivity index is 2.28. The summed E-state index contributed by atoms with van der Waals surface area (Å²) in [6.07, 6.45) is 7.59. The van der Waals surface area contributed by atoms with Gasteiger partial charge in [-0.15, -0.1) is 0 Å². The maximum Gasteiger partial charge on any atom is 0.224 e. The third-order valence-corrected chi connectivity index (χ3v) is 3.31. The Morgan fingerprint density at radius 1 is 1.05 bits per heavy atom. The zero-order chi connectivity index (χ0) is 14.8. The van der Waals surface area contributed by atoms with Gasteiger partial charge in [-0.05, 0) is 25.5 Å². The molecular weight excluding hydrogens is 250 g/mol. The summed E-state index contributed by atoms with van der Waals surface area (Å²) in [6.45, 7) is 3.72. The lowest BCUT2D eigenvalue weighted by atomic mass is 10.1. The van der Waals surface area contributed by atoms with E-state index in [4.69, 9.17) is 0 Å². The van der Waals surface area contributed by atoms with Crippen molar-refractivity contribution in [3.8, 4) is 0 Å². The number of amides is 1. The van der Waals surface area contributed by atoms with Gasteiger partial charge in [0, 0.05) is 17.7 Å². The van der Waals surface area contributed by atoms with Crippen LogP contribution in [-0.4, -0.2) is 11.7 Å². The van der Waals surface area contributed by atoms with Gasteiger partial charge in [0.05, 0.1) is 0 Å². The zero-order valence-electron chi connectivity index (χ0n) is 12.6. The Morgan fingerprint density at radius 3 is 2.45 bits per heavy atom. The number of nitrogens with one attached hydrogen (secondary N) is 1. The van der Waals surface area contributed by atoms with Crippen LogP contribution in [0.2, 0.25) is 0 Å². The molecule has 0 aliphatic heterocycles. The molecule has 1 aromatic carbocycles. The number of ketones is 1. The number of carbonyl (C=O) groups excluding carboxylic acids is 2. The summed E-state index contributed by atoms with van der Waals surface area (Å²) < 4.78 is 0. The number of benzene rings is 1. The fraction of sp³-hybridized carbons (Fsp3) is 0.529. The highest BCUT2D eigenvalue weighted by atomic mass is 16.1. The first-order valence-electron chi connectivity index (χ1n) is 7.54. The largest absolute Gasteiger partial charge is 0.326 e. The van der Waals surface area contributed by atoms with E-state index < -0.39 is 0 Å². The Morgan fingerprint density at radius 2 is 1.75 bits per heavy atom. The molecule has 0 saturated carbocycles.